The van der Waals surface area contributed by atoms with Crippen molar-refractivity contribution in [3.63, 3.8) is 0 Å². The number of rotatable bonds is 6. The topological polar surface area (TPSA) is 72.9 Å². The lowest BCUT2D eigenvalue weighted by atomic mass is 10.1. The maximum atomic E-state index is 12.8. The summed E-state index contributed by atoms with van der Waals surface area (Å²) in [6.45, 7) is 0.152. The molecule has 1 saturated heterocycles. The fourth-order valence-electron chi connectivity index (χ4n) is 3.20. The van der Waals surface area contributed by atoms with E-state index in [2.05, 4.69) is 0 Å². The third-order valence-corrected chi connectivity index (χ3v) is 6.40. The molecular formula is C25H17Cl2NO5S. The Morgan fingerprint density at radius 3 is 2.44 bits per heavy atom. The minimum Gasteiger partial charge on any atom is -0.493 e. The molecule has 0 aromatic heterocycles. The zero-order valence-electron chi connectivity index (χ0n) is 17.8. The molecule has 6 nitrogen and oxygen atoms in total. The molecule has 3 aromatic rings. The van der Waals surface area contributed by atoms with Crippen molar-refractivity contribution in [2.75, 3.05) is 7.11 Å². The maximum Gasteiger partial charge on any atom is 0.345 e. The van der Waals surface area contributed by atoms with E-state index in [1.54, 1.807) is 72.8 Å². The smallest absolute Gasteiger partial charge is 0.345 e. The molecule has 9 heteroatoms. The Hall–Kier alpha value is -3.26. The fourth-order valence-corrected chi connectivity index (χ4v) is 4.38. The van der Waals surface area contributed by atoms with Gasteiger partial charge in [-0.25, -0.2) is 4.79 Å². The molecule has 1 heterocycles. The summed E-state index contributed by atoms with van der Waals surface area (Å²) < 4.78 is 10.8. The summed E-state index contributed by atoms with van der Waals surface area (Å²) in [5, 5.41) is 0.494. The zero-order chi connectivity index (χ0) is 24.2. The predicted molar refractivity (Wildman–Crippen MR) is 132 cm³/mol. The Balaban J connectivity index is 1.52. The van der Waals surface area contributed by atoms with Crippen LogP contribution in [0, 0.1) is 0 Å². The van der Waals surface area contributed by atoms with Gasteiger partial charge in [-0.15, -0.1) is 0 Å². The highest BCUT2D eigenvalue weighted by atomic mass is 35.5. The quantitative estimate of drug-likeness (QED) is 0.214. The normalized spacial score (nSPS) is 14.6. The first kappa shape index (κ1) is 23.9. The number of nitrogens with zero attached hydrogens (tertiary/aromatic N) is 1. The summed E-state index contributed by atoms with van der Waals surface area (Å²) in [6.07, 6.45) is 1.59. The van der Waals surface area contributed by atoms with Gasteiger partial charge in [0.05, 0.1) is 29.1 Å². The van der Waals surface area contributed by atoms with Gasteiger partial charge in [0, 0.05) is 5.02 Å². The molecule has 0 bridgehead atoms. The van der Waals surface area contributed by atoms with Crippen LogP contribution in [0.3, 0.4) is 0 Å². The molecule has 0 saturated carbocycles. The van der Waals surface area contributed by atoms with Gasteiger partial charge in [0.25, 0.3) is 11.1 Å². The average molecular weight is 514 g/mol. The van der Waals surface area contributed by atoms with Crippen LogP contribution in [0.2, 0.25) is 10.0 Å². The average Bonchev–Trinajstić information content (AvgIpc) is 3.08. The molecule has 4 rings (SSSR count). The molecule has 0 unspecified atom stereocenters. The Bertz CT molecular complexity index is 1310. The number of thioether (sulfide) groups is 1. The molecule has 0 spiro atoms. The van der Waals surface area contributed by atoms with Gasteiger partial charge in [-0.05, 0) is 65.4 Å². The molecular weight excluding hydrogens is 497 g/mol. The van der Waals surface area contributed by atoms with E-state index in [9.17, 15) is 14.4 Å². The van der Waals surface area contributed by atoms with E-state index in [0.29, 0.717) is 10.6 Å². The number of imide groups is 1. The number of methoxy groups -OCH3 is 1. The van der Waals surface area contributed by atoms with Crippen LogP contribution in [0.15, 0.2) is 71.6 Å². The van der Waals surface area contributed by atoms with Crippen molar-refractivity contribution in [3.8, 4) is 11.5 Å². The van der Waals surface area contributed by atoms with Crippen molar-refractivity contribution in [3.05, 3.63) is 98.4 Å². The van der Waals surface area contributed by atoms with Crippen LogP contribution < -0.4 is 9.47 Å². The summed E-state index contributed by atoms with van der Waals surface area (Å²) in [5.74, 6) is -0.534. The molecule has 0 atom stereocenters. The van der Waals surface area contributed by atoms with Crippen molar-refractivity contribution in [2.24, 2.45) is 0 Å². The van der Waals surface area contributed by atoms with E-state index in [0.717, 1.165) is 17.3 Å². The molecule has 0 radical (unpaired) electrons. The number of hydrogen-bond donors (Lipinski definition) is 0. The van der Waals surface area contributed by atoms with Crippen LogP contribution in [0.5, 0.6) is 11.5 Å². The lowest BCUT2D eigenvalue weighted by Gasteiger charge is -2.12. The number of esters is 1. The first-order valence-electron chi connectivity index (χ1n) is 10.0. The van der Waals surface area contributed by atoms with Gasteiger partial charge >= 0.3 is 5.97 Å². The third kappa shape index (κ3) is 5.28. The van der Waals surface area contributed by atoms with Crippen LogP contribution >= 0.6 is 35.0 Å². The van der Waals surface area contributed by atoms with Gasteiger partial charge < -0.3 is 9.47 Å². The SMILES string of the molecule is COc1cc(/C=C2\SC(=O)N(Cc3ccc(Cl)cc3)C2=O)ccc1OC(=O)c1ccccc1Cl. The lowest BCUT2D eigenvalue weighted by Crippen LogP contribution is -2.27. The number of benzene rings is 3. The summed E-state index contributed by atoms with van der Waals surface area (Å²) >= 11 is 12.8. The number of carbonyl (C=O) groups is 3. The van der Waals surface area contributed by atoms with Gasteiger partial charge in [-0.1, -0.05) is 53.5 Å². The van der Waals surface area contributed by atoms with Crippen LogP contribution in [0.1, 0.15) is 21.5 Å². The highest BCUT2D eigenvalue weighted by Gasteiger charge is 2.35. The monoisotopic (exact) mass is 513 g/mol. The second-order valence-electron chi connectivity index (χ2n) is 7.17. The lowest BCUT2D eigenvalue weighted by molar-refractivity contribution is -0.123. The number of carbonyl (C=O) groups excluding carboxylic acids is 3. The third-order valence-electron chi connectivity index (χ3n) is 4.91. The van der Waals surface area contributed by atoms with Crippen molar-refractivity contribution < 1.29 is 23.9 Å². The van der Waals surface area contributed by atoms with Crippen molar-refractivity contribution in [2.45, 2.75) is 6.54 Å². The number of halogens is 2. The standard InChI is InChI=1S/C25H17Cl2NO5S/c1-32-21-12-16(8-11-20(21)33-24(30)18-4-2-3-5-19(18)27)13-22-23(29)28(25(31)34-22)14-15-6-9-17(26)10-7-15/h2-13H,14H2,1H3/b22-13-. The summed E-state index contributed by atoms with van der Waals surface area (Å²) in [5.41, 5.74) is 1.62. The van der Waals surface area contributed by atoms with Crippen LogP contribution in [0.4, 0.5) is 4.79 Å². The van der Waals surface area contributed by atoms with E-state index in [1.807, 2.05) is 0 Å². The van der Waals surface area contributed by atoms with Gasteiger partial charge in [-0.3, -0.25) is 14.5 Å². The minimum atomic E-state index is -0.625. The van der Waals surface area contributed by atoms with Gasteiger partial charge in [0.15, 0.2) is 11.5 Å². The van der Waals surface area contributed by atoms with Gasteiger partial charge in [0.2, 0.25) is 0 Å². The van der Waals surface area contributed by atoms with E-state index in [-0.39, 0.29) is 38.8 Å². The molecule has 1 aliphatic heterocycles. The summed E-state index contributed by atoms with van der Waals surface area (Å²) in [6, 6.07) is 18.3. The second-order valence-corrected chi connectivity index (χ2v) is 9.01. The number of hydrogen-bond acceptors (Lipinski definition) is 6. The Kier molecular flexibility index (Phi) is 7.26. The van der Waals surface area contributed by atoms with E-state index >= 15 is 0 Å². The van der Waals surface area contributed by atoms with Crippen LogP contribution in [-0.2, 0) is 11.3 Å². The first-order valence-corrected chi connectivity index (χ1v) is 11.6. The summed E-state index contributed by atoms with van der Waals surface area (Å²) in [7, 11) is 1.44. The van der Waals surface area contributed by atoms with Crippen molar-refractivity contribution in [1.29, 1.82) is 0 Å². The van der Waals surface area contributed by atoms with Crippen molar-refractivity contribution in [1.82, 2.24) is 4.90 Å². The molecule has 2 amide bonds. The van der Waals surface area contributed by atoms with Gasteiger partial charge in [-0.2, -0.15) is 0 Å². The highest BCUT2D eigenvalue weighted by molar-refractivity contribution is 8.18. The molecule has 34 heavy (non-hydrogen) atoms. The fraction of sp³-hybridized carbons (Fsp3) is 0.0800. The Morgan fingerprint density at radius 2 is 1.74 bits per heavy atom. The predicted octanol–water partition coefficient (Wildman–Crippen LogP) is 6.46. The molecule has 0 N–H and O–H groups in total. The van der Waals surface area contributed by atoms with Gasteiger partial charge in [0.1, 0.15) is 0 Å². The Morgan fingerprint density at radius 1 is 1.00 bits per heavy atom. The molecule has 0 aliphatic carbocycles. The molecule has 172 valence electrons. The maximum absolute atomic E-state index is 12.8. The number of ether oxygens (including phenoxy) is 2. The largest absolute Gasteiger partial charge is 0.493 e. The molecule has 1 fully saturated rings. The Labute approximate surface area is 210 Å². The van der Waals surface area contributed by atoms with E-state index in [4.69, 9.17) is 32.7 Å². The van der Waals surface area contributed by atoms with Crippen molar-refractivity contribution >= 4 is 58.2 Å². The van der Waals surface area contributed by atoms with Crippen LogP contribution in [-0.4, -0.2) is 29.1 Å². The first-order chi connectivity index (χ1) is 16.4. The zero-order valence-corrected chi connectivity index (χ0v) is 20.1. The number of amides is 2. The minimum absolute atomic E-state index is 0.152. The highest BCUT2D eigenvalue weighted by Crippen LogP contribution is 2.35. The van der Waals surface area contributed by atoms with Crippen LogP contribution in [0.25, 0.3) is 6.08 Å². The molecule has 3 aromatic carbocycles. The molecule has 1 aliphatic rings. The van der Waals surface area contributed by atoms with E-state index in [1.165, 1.54) is 12.0 Å². The summed E-state index contributed by atoms with van der Waals surface area (Å²) in [4.78, 5) is 39.2. The van der Waals surface area contributed by atoms with E-state index < -0.39 is 11.9 Å². The second kappa shape index (κ2) is 10.3.